The molecule has 5 rings (SSSR count). The number of imide groups is 1. The number of carbonyl (C=O) groups is 3. The minimum Gasteiger partial charge on any atom is -0.319 e. The molecule has 3 aromatic rings. The number of carbonyl (C=O) groups excluding carboxylic acids is 3. The molecule has 1 saturated heterocycles. The summed E-state index contributed by atoms with van der Waals surface area (Å²) in [6.07, 6.45) is 0. The Morgan fingerprint density at radius 1 is 1.03 bits per heavy atom. The molecule has 6 nitrogen and oxygen atoms in total. The van der Waals surface area contributed by atoms with Gasteiger partial charge < -0.3 is 10.2 Å². The van der Waals surface area contributed by atoms with E-state index in [0.29, 0.717) is 16.3 Å². The van der Waals surface area contributed by atoms with Crippen LogP contribution in [-0.2, 0) is 15.1 Å². The van der Waals surface area contributed by atoms with Gasteiger partial charge in [0.1, 0.15) is 12.1 Å². The largest absolute Gasteiger partial charge is 0.325 e. The summed E-state index contributed by atoms with van der Waals surface area (Å²) in [6.45, 7) is 1.24. The smallest absolute Gasteiger partial charge is 0.319 e. The predicted molar refractivity (Wildman–Crippen MR) is 133 cm³/mol. The van der Waals surface area contributed by atoms with E-state index in [1.54, 1.807) is 47.9 Å². The lowest BCUT2D eigenvalue weighted by atomic mass is 9.92. The van der Waals surface area contributed by atoms with Crippen molar-refractivity contribution in [3.63, 3.8) is 0 Å². The number of para-hydroxylation sites is 1. The summed E-state index contributed by atoms with van der Waals surface area (Å²) in [6, 6.07) is 23.5. The molecule has 0 aromatic heterocycles. The summed E-state index contributed by atoms with van der Waals surface area (Å²) >= 11 is 8.01. The fourth-order valence-electron chi connectivity index (χ4n) is 4.52. The number of nitrogens with one attached hydrogen (secondary N) is 1. The summed E-state index contributed by atoms with van der Waals surface area (Å²) in [4.78, 5) is 43.7. The van der Waals surface area contributed by atoms with Crippen molar-refractivity contribution in [3.05, 3.63) is 95.0 Å². The number of amides is 4. The van der Waals surface area contributed by atoms with E-state index >= 15 is 0 Å². The van der Waals surface area contributed by atoms with Crippen LogP contribution in [0.4, 0.5) is 10.5 Å². The number of benzene rings is 3. The van der Waals surface area contributed by atoms with Gasteiger partial charge in [-0.1, -0.05) is 72.3 Å². The fourth-order valence-corrected chi connectivity index (χ4v) is 6.01. The van der Waals surface area contributed by atoms with Gasteiger partial charge in [-0.25, -0.2) is 4.79 Å². The molecule has 2 aliphatic rings. The van der Waals surface area contributed by atoms with Crippen molar-refractivity contribution in [1.82, 2.24) is 10.2 Å². The van der Waals surface area contributed by atoms with E-state index in [1.807, 2.05) is 54.6 Å². The second kappa shape index (κ2) is 8.81. The first-order valence-electron chi connectivity index (χ1n) is 10.9. The van der Waals surface area contributed by atoms with Crippen LogP contribution in [0.5, 0.6) is 0 Å². The average Bonchev–Trinajstić information content (AvgIpc) is 3.07. The molecule has 4 amide bonds. The molecule has 1 fully saturated rings. The molecule has 0 radical (unpaired) electrons. The van der Waals surface area contributed by atoms with Crippen LogP contribution >= 0.6 is 23.4 Å². The Bertz CT molecular complexity index is 1290. The molecular formula is C26H22ClN3O3S. The molecule has 34 heavy (non-hydrogen) atoms. The molecular weight excluding hydrogens is 470 g/mol. The molecule has 0 unspecified atom stereocenters. The highest BCUT2D eigenvalue weighted by Crippen LogP contribution is 2.43. The maximum absolute atomic E-state index is 13.7. The van der Waals surface area contributed by atoms with Crippen LogP contribution in [0.3, 0.4) is 0 Å². The minimum absolute atomic E-state index is 0.218. The first-order valence-corrected chi connectivity index (χ1v) is 12.2. The van der Waals surface area contributed by atoms with Crippen molar-refractivity contribution >= 4 is 46.9 Å². The molecule has 172 valence electrons. The summed E-state index contributed by atoms with van der Waals surface area (Å²) in [7, 11) is 0. The Morgan fingerprint density at radius 2 is 1.71 bits per heavy atom. The highest BCUT2D eigenvalue weighted by Gasteiger charge is 2.51. The van der Waals surface area contributed by atoms with Gasteiger partial charge in [0.2, 0.25) is 5.91 Å². The van der Waals surface area contributed by atoms with Crippen molar-refractivity contribution in [3.8, 4) is 0 Å². The molecule has 2 heterocycles. The molecule has 0 saturated carbocycles. The van der Waals surface area contributed by atoms with E-state index in [4.69, 9.17) is 11.6 Å². The topological polar surface area (TPSA) is 69.7 Å². The molecule has 8 heteroatoms. The first-order chi connectivity index (χ1) is 16.4. The third kappa shape index (κ3) is 3.75. The maximum atomic E-state index is 13.7. The molecule has 0 spiro atoms. The summed E-state index contributed by atoms with van der Waals surface area (Å²) in [5.74, 6) is -0.159. The van der Waals surface area contributed by atoms with Crippen molar-refractivity contribution in [2.24, 2.45) is 0 Å². The quantitative estimate of drug-likeness (QED) is 0.522. The predicted octanol–water partition coefficient (Wildman–Crippen LogP) is 4.99. The Hall–Kier alpha value is -3.29. The van der Waals surface area contributed by atoms with Crippen molar-refractivity contribution in [2.45, 2.75) is 23.4 Å². The Kier molecular flexibility index (Phi) is 5.83. The molecule has 2 aliphatic heterocycles. The van der Waals surface area contributed by atoms with E-state index in [9.17, 15) is 14.4 Å². The average molecular weight is 492 g/mol. The molecule has 1 N–H and O–H groups in total. The number of hydrogen-bond donors (Lipinski definition) is 1. The number of hydrogen-bond acceptors (Lipinski definition) is 4. The van der Waals surface area contributed by atoms with Crippen LogP contribution in [0.2, 0.25) is 5.02 Å². The highest BCUT2D eigenvalue weighted by atomic mass is 35.5. The highest BCUT2D eigenvalue weighted by molar-refractivity contribution is 7.99. The molecule has 0 bridgehead atoms. The zero-order chi connectivity index (χ0) is 23.9. The van der Waals surface area contributed by atoms with E-state index < -0.39 is 17.5 Å². The van der Waals surface area contributed by atoms with Crippen LogP contribution in [-0.4, -0.2) is 35.0 Å². The Labute approximate surface area is 206 Å². The van der Waals surface area contributed by atoms with Gasteiger partial charge in [-0.3, -0.25) is 14.5 Å². The number of nitrogens with zero attached hydrogens (tertiary/aromatic N) is 2. The number of fused-ring (bicyclic) bond motifs is 1. The minimum atomic E-state index is -1.34. The lowest BCUT2D eigenvalue weighted by Gasteiger charge is -2.37. The second-order valence-corrected chi connectivity index (χ2v) is 9.86. The maximum Gasteiger partial charge on any atom is 0.325 e. The summed E-state index contributed by atoms with van der Waals surface area (Å²) in [5.41, 5.74) is 0.922. The zero-order valence-electron chi connectivity index (χ0n) is 18.4. The van der Waals surface area contributed by atoms with Gasteiger partial charge in [0.15, 0.2) is 0 Å². The van der Waals surface area contributed by atoms with E-state index in [2.05, 4.69) is 5.32 Å². The molecule has 3 aromatic carbocycles. The van der Waals surface area contributed by atoms with Gasteiger partial charge in [-0.15, -0.1) is 11.8 Å². The second-order valence-electron chi connectivity index (χ2n) is 8.40. The SMILES string of the molecule is C[C@]1(c2ccccc2Cl)NC(=O)N(CC(=O)N2c3ccccc3SC[C@@H]2c2ccccc2)C1=O. The molecule has 0 aliphatic carbocycles. The van der Waals surface area contributed by atoms with Gasteiger partial charge >= 0.3 is 6.03 Å². The fraction of sp³-hybridized carbons (Fsp3) is 0.192. The lowest BCUT2D eigenvalue weighted by molar-refractivity contribution is -0.134. The van der Waals surface area contributed by atoms with Crippen molar-refractivity contribution < 1.29 is 14.4 Å². The van der Waals surface area contributed by atoms with E-state index in [-0.39, 0.29) is 18.5 Å². The van der Waals surface area contributed by atoms with Crippen LogP contribution in [0, 0.1) is 0 Å². The first kappa shape index (κ1) is 22.5. The third-order valence-corrected chi connectivity index (χ3v) is 7.74. The monoisotopic (exact) mass is 491 g/mol. The number of halogens is 1. The van der Waals surface area contributed by atoms with Crippen LogP contribution < -0.4 is 10.2 Å². The third-order valence-electron chi connectivity index (χ3n) is 6.27. The molecule has 2 atom stereocenters. The van der Waals surface area contributed by atoms with E-state index in [1.165, 1.54) is 0 Å². The standard InChI is InChI=1S/C26H22ClN3O3S/c1-26(18-11-5-6-12-19(18)27)24(32)29(25(33)28-26)15-23(31)30-20-13-7-8-14-22(20)34-16-21(30)17-9-3-2-4-10-17/h2-14,21H,15-16H2,1H3,(H,28,33)/t21-,26-/m1/s1. The van der Waals surface area contributed by atoms with Gasteiger partial charge in [-0.05, 0) is 30.7 Å². The van der Waals surface area contributed by atoms with Crippen LogP contribution in [0.25, 0.3) is 0 Å². The van der Waals surface area contributed by atoms with Crippen molar-refractivity contribution in [1.29, 1.82) is 0 Å². The lowest BCUT2D eigenvalue weighted by Crippen LogP contribution is -2.47. The van der Waals surface area contributed by atoms with Crippen molar-refractivity contribution in [2.75, 3.05) is 17.2 Å². The Morgan fingerprint density at radius 3 is 2.47 bits per heavy atom. The van der Waals surface area contributed by atoms with Gasteiger partial charge in [0, 0.05) is 21.2 Å². The summed E-state index contributed by atoms with van der Waals surface area (Å²) in [5, 5.41) is 3.11. The van der Waals surface area contributed by atoms with Gasteiger partial charge in [0.25, 0.3) is 5.91 Å². The zero-order valence-corrected chi connectivity index (χ0v) is 20.0. The number of urea groups is 1. The number of anilines is 1. The van der Waals surface area contributed by atoms with Gasteiger partial charge in [-0.2, -0.15) is 0 Å². The van der Waals surface area contributed by atoms with Crippen LogP contribution in [0.1, 0.15) is 24.1 Å². The normalized spacial score (nSPS) is 21.9. The van der Waals surface area contributed by atoms with E-state index in [0.717, 1.165) is 21.0 Å². The Balaban J connectivity index is 1.47. The van der Waals surface area contributed by atoms with Gasteiger partial charge in [0.05, 0.1) is 11.7 Å². The number of rotatable bonds is 4. The summed E-state index contributed by atoms with van der Waals surface area (Å²) < 4.78 is 0. The number of thioether (sulfide) groups is 1. The van der Waals surface area contributed by atoms with Crippen LogP contribution in [0.15, 0.2) is 83.8 Å².